The van der Waals surface area contributed by atoms with Crippen LogP contribution in [0.25, 0.3) is 11.1 Å². The van der Waals surface area contributed by atoms with E-state index < -0.39 is 0 Å². The van der Waals surface area contributed by atoms with Crippen LogP contribution in [0.2, 0.25) is 15.1 Å². The summed E-state index contributed by atoms with van der Waals surface area (Å²) in [5.41, 5.74) is 5.03. The zero-order valence-corrected chi connectivity index (χ0v) is 18.3. The van der Waals surface area contributed by atoms with Crippen LogP contribution in [0.5, 0.6) is 0 Å². The van der Waals surface area contributed by atoms with Crippen LogP contribution < -0.4 is 10.2 Å². The van der Waals surface area contributed by atoms with Gasteiger partial charge in [0.15, 0.2) is 0 Å². The van der Waals surface area contributed by atoms with Crippen molar-refractivity contribution in [1.29, 1.82) is 0 Å². The Hall–Kier alpha value is -1.72. The lowest BCUT2D eigenvalue weighted by Crippen LogP contribution is -2.41. The molecule has 3 nitrogen and oxygen atoms in total. The average Bonchev–Trinajstić information content (AvgIpc) is 2.69. The molecule has 0 atom stereocenters. The molecule has 0 bridgehead atoms. The molecule has 3 aromatic rings. The molecular formula is C21H14BrCl3N2O. The summed E-state index contributed by atoms with van der Waals surface area (Å²) in [7, 11) is 0. The Morgan fingerprint density at radius 3 is 2.29 bits per heavy atom. The molecule has 2 amide bonds. The van der Waals surface area contributed by atoms with Gasteiger partial charge in [-0.1, -0.05) is 75.0 Å². The zero-order valence-electron chi connectivity index (χ0n) is 14.5. The SMILES string of the molecule is O=C1NCc2c(-c3ccccc3Cl)cc(CBr)cc2N1c1c(Cl)cccc1Cl. The van der Waals surface area contributed by atoms with E-state index in [0.29, 0.717) is 32.6 Å². The lowest BCUT2D eigenvalue weighted by molar-refractivity contribution is 0.247. The summed E-state index contributed by atoms with van der Waals surface area (Å²) in [6, 6.07) is 16.6. The zero-order chi connectivity index (χ0) is 19.8. The Morgan fingerprint density at radius 1 is 0.929 bits per heavy atom. The second-order valence-corrected chi connectivity index (χ2v) is 8.10. The van der Waals surface area contributed by atoms with Gasteiger partial charge in [-0.05, 0) is 41.5 Å². The molecule has 1 N–H and O–H groups in total. The predicted octanol–water partition coefficient (Wildman–Crippen LogP) is 7.57. The van der Waals surface area contributed by atoms with Gasteiger partial charge in [0.2, 0.25) is 0 Å². The number of carbonyl (C=O) groups is 1. The van der Waals surface area contributed by atoms with Gasteiger partial charge in [0.25, 0.3) is 0 Å². The van der Waals surface area contributed by atoms with Crippen LogP contribution in [-0.2, 0) is 11.9 Å². The molecule has 0 aliphatic carbocycles. The fourth-order valence-corrected chi connectivity index (χ4v) is 4.50. The number of halogens is 4. The lowest BCUT2D eigenvalue weighted by atomic mass is 9.94. The van der Waals surface area contributed by atoms with E-state index in [2.05, 4.69) is 27.3 Å². The maximum Gasteiger partial charge on any atom is 0.326 e. The van der Waals surface area contributed by atoms with E-state index in [0.717, 1.165) is 27.9 Å². The van der Waals surface area contributed by atoms with Crippen LogP contribution in [0.15, 0.2) is 54.6 Å². The summed E-state index contributed by atoms with van der Waals surface area (Å²) in [5.74, 6) is 0. The highest BCUT2D eigenvalue weighted by Crippen LogP contribution is 2.44. The van der Waals surface area contributed by atoms with Crippen LogP contribution in [0.1, 0.15) is 11.1 Å². The minimum atomic E-state index is -0.278. The van der Waals surface area contributed by atoms with Gasteiger partial charge < -0.3 is 5.32 Å². The molecule has 28 heavy (non-hydrogen) atoms. The molecule has 0 saturated heterocycles. The second-order valence-electron chi connectivity index (χ2n) is 6.32. The average molecular weight is 497 g/mol. The maximum absolute atomic E-state index is 12.8. The van der Waals surface area contributed by atoms with E-state index in [1.54, 1.807) is 18.2 Å². The topological polar surface area (TPSA) is 32.3 Å². The second kappa shape index (κ2) is 7.96. The highest BCUT2D eigenvalue weighted by Gasteiger charge is 2.31. The van der Waals surface area contributed by atoms with Gasteiger partial charge in [0, 0.05) is 28.0 Å². The van der Waals surface area contributed by atoms with Crippen molar-refractivity contribution < 1.29 is 4.79 Å². The van der Waals surface area contributed by atoms with Gasteiger partial charge >= 0.3 is 6.03 Å². The van der Waals surface area contributed by atoms with E-state index >= 15 is 0 Å². The third-order valence-corrected chi connectivity index (χ3v) is 6.21. The normalized spacial score (nSPS) is 13.3. The fraction of sp³-hybridized carbons (Fsp3) is 0.0952. The van der Waals surface area contributed by atoms with Crippen molar-refractivity contribution in [3.63, 3.8) is 0 Å². The largest absolute Gasteiger partial charge is 0.333 e. The Bertz CT molecular complexity index is 1070. The van der Waals surface area contributed by atoms with Gasteiger partial charge in [0.1, 0.15) is 0 Å². The van der Waals surface area contributed by atoms with Crippen LogP contribution in [0.3, 0.4) is 0 Å². The molecule has 0 aromatic heterocycles. The van der Waals surface area contributed by atoms with Gasteiger partial charge in [-0.25, -0.2) is 4.79 Å². The summed E-state index contributed by atoms with van der Waals surface area (Å²) in [4.78, 5) is 14.4. The van der Waals surface area contributed by atoms with Crippen molar-refractivity contribution >= 4 is 68.1 Å². The van der Waals surface area contributed by atoms with Crippen molar-refractivity contribution in [2.75, 3.05) is 4.90 Å². The number of hydrogen-bond donors (Lipinski definition) is 1. The summed E-state index contributed by atoms with van der Waals surface area (Å²) < 4.78 is 0. The maximum atomic E-state index is 12.8. The number of nitrogens with one attached hydrogen (secondary N) is 1. The van der Waals surface area contributed by atoms with Crippen molar-refractivity contribution in [2.24, 2.45) is 0 Å². The van der Waals surface area contributed by atoms with Gasteiger partial charge in [-0.15, -0.1) is 0 Å². The minimum absolute atomic E-state index is 0.278. The molecule has 0 saturated carbocycles. The molecule has 0 spiro atoms. The van der Waals surface area contributed by atoms with Crippen LogP contribution in [-0.4, -0.2) is 6.03 Å². The lowest BCUT2D eigenvalue weighted by Gasteiger charge is -2.33. The summed E-state index contributed by atoms with van der Waals surface area (Å²) in [6.07, 6.45) is 0. The summed E-state index contributed by atoms with van der Waals surface area (Å²) >= 11 is 22.8. The predicted molar refractivity (Wildman–Crippen MR) is 120 cm³/mol. The number of anilines is 2. The number of rotatable bonds is 3. The van der Waals surface area contributed by atoms with Crippen molar-refractivity contribution in [2.45, 2.75) is 11.9 Å². The first-order valence-corrected chi connectivity index (χ1v) is 10.8. The first-order chi connectivity index (χ1) is 13.5. The number of para-hydroxylation sites is 1. The molecule has 3 aromatic carbocycles. The number of urea groups is 1. The number of fused-ring (bicyclic) bond motifs is 1. The molecule has 142 valence electrons. The van der Waals surface area contributed by atoms with Crippen LogP contribution in [0, 0.1) is 0 Å². The number of alkyl halides is 1. The molecule has 1 aliphatic rings. The molecular weight excluding hydrogens is 483 g/mol. The Morgan fingerprint density at radius 2 is 1.61 bits per heavy atom. The molecule has 0 fully saturated rings. The Kier molecular flexibility index (Phi) is 5.57. The molecule has 1 heterocycles. The Balaban J connectivity index is 2.01. The summed E-state index contributed by atoms with van der Waals surface area (Å²) in [5, 5.41) is 5.00. The first kappa shape index (κ1) is 19.6. The minimum Gasteiger partial charge on any atom is -0.333 e. The van der Waals surface area contributed by atoms with E-state index in [1.807, 2.05) is 30.3 Å². The smallest absolute Gasteiger partial charge is 0.326 e. The number of hydrogen-bond acceptors (Lipinski definition) is 1. The monoisotopic (exact) mass is 494 g/mol. The number of benzene rings is 3. The van der Waals surface area contributed by atoms with Crippen LogP contribution >= 0.6 is 50.7 Å². The van der Waals surface area contributed by atoms with Gasteiger partial charge in [-0.2, -0.15) is 0 Å². The quantitative estimate of drug-likeness (QED) is 0.373. The highest BCUT2D eigenvalue weighted by molar-refractivity contribution is 9.08. The molecule has 0 unspecified atom stereocenters. The molecule has 0 radical (unpaired) electrons. The van der Waals surface area contributed by atoms with E-state index in [4.69, 9.17) is 34.8 Å². The summed E-state index contributed by atoms with van der Waals surface area (Å²) in [6.45, 7) is 0.385. The number of amides is 2. The standard InChI is InChI=1S/C21H14BrCl3N2O/c22-10-12-8-14(13-4-1-2-5-16(13)23)15-11-26-21(28)27(19(15)9-12)20-17(24)6-3-7-18(20)25/h1-9H,10-11H2,(H,26,28). The van der Waals surface area contributed by atoms with Crippen molar-refractivity contribution in [3.05, 3.63) is 80.8 Å². The Labute approximate surface area is 186 Å². The van der Waals surface area contributed by atoms with Crippen molar-refractivity contribution in [3.8, 4) is 11.1 Å². The molecule has 7 heteroatoms. The van der Waals surface area contributed by atoms with E-state index in [-0.39, 0.29) is 6.03 Å². The first-order valence-electron chi connectivity index (χ1n) is 8.50. The molecule has 1 aliphatic heterocycles. The van der Waals surface area contributed by atoms with Crippen molar-refractivity contribution in [1.82, 2.24) is 5.32 Å². The fourth-order valence-electron chi connectivity index (χ4n) is 3.37. The van der Waals surface area contributed by atoms with Gasteiger partial charge in [-0.3, -0.25) is 4.90 Å². The van der Waals surface area contributed by atoms with E-state index in [1.165, 1.54) is 4.90 Å². The number of nitrogens with zero attached hydrogens (tertiary/aromatic N) is 1. The van der Waals surface area contributed by atoms with E-state index in [9.17, 15) is 4.79 Å². The number of carbonyl (C=O) groups excluding carboxylic acids is 1. The highest BCUT2D eigenvalue weighted by atomic mass is 79.9. The third kappa shape index (κ3) is 3.39. The third-order valence-electron chi connectivity index (χ3n) is 4.63. The van der Waals surface area contributed by atoms with Crippen LogP contribution in [0.4, 0.5) is 16.2 Å². The van der Waals surface area contributed by atoms with Gasteiger partial charge in [0.05, 0.1) is 21.4 Å². The molecule has 4 rings (SSSR count).